The van der Waals surface area contributed by atoms with Crippen LogP contribution in [0.2, 0.25) is 0 Å². The van der Waals surface area contributed by atoms with E-state index >= 15 is 0 Å². The van der Waals surface area contributed by atoms with Gasteiger partial charge in [-0.15, -0.1) is 0 Å². The molecule has 0 saturated carbocycles. The molecule has 0 amide bonds. The largest absolute Gasteiger partial charge is 0.494 e. The van der Waals surface area contributed by atoms with Crippen LogP contribution in [0.3, 0.4) is 0 Å². The molecule has 2 aromatic rings. The monoisotopic (exact) mass is 317 g/mol. The van der Waals surface area contributed by atoms with Crippen molar-refractivity contribution >= 4 is 15.9 Å². The summed E-state index contributed by atoms with van der Waals surface area (Å²) in [6, 6.07) is 14.8. The summed E-state index contributed by atoms with van der Waals surface area (Å²) in [5.74, 6) is 1.99. The van der Waals surface area contributed by atoms with Gasteiger partial charge in [-0.05, 0) is 59.3 Å². The van der Waals surface area contributed by atoms with E-state index < -0.39 is 0 Å². The molecule has 4 heteroatoms. The predicted molar refractivity (Wildman–Crippen MR) is 76.5 cm³/mol. The molecule has 0 unspecified atom stereocenters. The molecule has 0 aliphatic heterocycles. The fourth-order valence-corrected chi connectivity index (χ4v) is 2.03. The van der Waals surface area contributed by atoms with Crippen LogP contribution in [0.4, 0.5) is 0 Å². The van der Waals surface area contributed by atoms with Gasteiger partial charge in [0.15, 0.2) is 0 Å². The molecule has 2 aromatic carbocycles. The molecule has 19 heavy (non-hydrogen) atoms. The number of halogens is 1. The van der Waals surface area contributed by atoms with Crippen LogP contribution in [0.25, 0.3) is 0 Å². The molecule has 0 fully saturated rings. The summed E-state index contributed by atoms with van der Waals surface area (Å²) in [6.07, 6.45) is 0. The highest BCUT2D eigenvalue weighted by Gasteiger charge is 2.08. The van der Waals surface area contributed by atoms with Crippen LogP contribution in [-0.2, 0) is 0 Å². The zero-order chi connectivity index (χ0) is 13.7. The lowest BCUT2D eigenvalue weighted by Gasteiger charge is -2.09. The zero-order valence-electron chi connectivity index (χ0n) is 10.4. The molecule has 0 aliphatic rings. The van der Waals surface area contributed by atoms with Crippen LogP contribution in [0.5, 0.6) is 17.2 Å². The lowest BCUT2D eigenvalue weighted by atomic mass is 10.2. The van der Waals surface area contributed by atoms with E-state index in [1.165, 1.54) is 0 Å². The van der Waals surface area contributed by atoms with Crippen molar-refractivity contribution in [2.24, 2.45) is 0 Å². The normalized spacial score (nSPS) is 9.74. The summed E-state index contributed by atoms with van der Waals surface area (Å²) in [5, 5.41) is 9.11. The SMILES string of the molecule is CCOc1ccc(Oc2cccc(Br)c2C#N)cc1. The van der Waals surface area contributed by atoms with Gasteiger partial charge in [-0.2, -0.15) is 5.26 Å². The third kappa shape index (κ3) is 3.27. The summed E-state index contributed by atoms with van der Waals surface area (Å²) in [5.41, 5.74) is 0.483. The highest BCUT2D eigenvalue weighted by atomic mass is 79.9. The minimum absolute atomic E-state index is 0.483. The lowest BCUT2D eigenvalue weighted by molar-refractivity contribution is 0.339. The molecule has 0 bridgehead atoms. The van der Waals surface area contributed by atoms with Gasteiger partial charge in [-0.3, -0.25) is 0 Å². The minimum Gasteiger partial charge on any atom is -0.494 e. The third-order valence-electron chi connectivity index (χ3n) is 2.45. The van der Waals surface area contributed by atoms with E-state index in [-0.39, 0.29) is 0 Å². The zero-order valence-corrected chi connectivity index (χ0v) is 12.0. The smallest absolute Gasteiger partial charge is 0.146 e. The summed E-state index contributed by atoms with van der Waals surface area (Å²) < 4.78 is 11.8. The Hall–Kier alpha value is -1.99. The Bertz CT molecular complexity index is 603. The molecule has 0 radical (unpaired) electrons. The van der Waals surface area contributed by atoms with Crippen LogP contribution < -0.4 is 9.47 Å². The molecule has 0 saturated heterocycles. The maximum Gasteiger partial charge on any atom is 0.146 e. The van der Waals surface area contributed by atoms with Gasteiger partial charge in [0.05, 0.1) is 6.61 Å². The number of ether oxygens (including phenoxy) is 2. The van der Waals surface area contributed by atoms with E-state index in [0.29, 0.717) is 23.7 Å². The standard InChI is InChI=1S/C15H12BrNO2/c1-2-18-11-6-8-12(9-7-11)19-15-5-3-4-14(16)13(15)10-17/h3-9H,2H2,1H3. The lowest BCUT2D eigenvalue weighted by Crippen LogP contribution is -1.92. The first kappa shape index (κ1) is 13.4. The van der Waals surface area contributed by atoms with Crippen molar-refractivity contribution in [3.05, 3.63) is 52.5 Å². The maximum absolute atomic E-state index is 9.11. The van der Waals surface area contributed by atoms with Crippen LogP contribution in [0.15, 0.2) is 46.9 Å². The van der Waals surface area contributed by atoms with Gasteiger partial charge < -0.3 is 9.47 Å². The quantitative estimate of drug-likeness (QED) is 0.833. The highest BCUT2D eigenvalue weighted by Crippen LogP contribution is 2.30. The van der Waals surface area contributed by atoms with Gasteiger partial charge in [0.2, 0.25) is 0 Å². The summed E-state index contributed by atoms with van der Waals surface area (Å²) >= 11 is 3.33. The summed E-state index contributed by atoms with van der Waals surface area (Å²) in [6.45, 7) is 2.56. The highest BCUT2D eigenvalue weighted by molar-refractivity contribution is 9.10. The van der Waals surface area contributed by atoms with Crippen LogP contribution in [0.1, 0.15) is 12.5 Å². The average Bonchev–Trinajstić information content (AvgIpc) is 2.42. The Balaban J connectivity index is 2.22. The molecule has 3 nitrogen and oxygen atoms in total. The van der Waals surface area contributed by atoms with Gasteiger partial charge in [-0.1, -0.05) is 6.07 Å². The van der Waals surface area contributed by atoms with Gasteiger partial charge in [0.25, 0.3) is 0 Å². The number of benzene rings is 2. The molecule has 0 heterocycles. The molecule has 0 aliphatic carbocycles. The first-order chi connectivity index (χ1) is 9.24. The average molecular weight is 318 g/mol. The van der Waals surface area contributed by atoms with E-state index in [2.05, 4.69) is 22.0 Å². The van der Waals surface area contributed by atoms with Crippen LogP contribution in [0, 0.1) is 11.3 Å². The second kappa shape index (κ2) is 6.26. The fourth-order valence-electron chi connectivity index (χ4n) is 1.60. The molecule has 96 valence electrons. The number of nitriles is 1. The molecule has 0 aromatic heterocycles. The summed E-state index contributed by atoms with van der Waals surface area (Å²) in [4.78, 5) is 0. The fraction of sp³-hybridized carbons (Fsp3) is 0.133. The molecular formula is C15H12BrNO2. The van der Waals surface area contributed by atoms with E-state index in [1.54, 1.807) is 6.07 Å². The Morgan fingerprint density at radius 3 is 2.42 bits per heavy atom. The van der Waals surface area contributed by atoms with E-state index in [0.717, 1.165) is 10.2 Å². The Morgan fingerprint density at radius 1 is 1.11 bits per heavy atom. The number of nitrogens with zero attached hydrogens (tertiary/aromatic N) is 1. The number of rotatable bonds is 4. The first-order valence-electron chi connectivity index (χ1n) is 5.84. The Labute approximate surface area is 120 Å². The molecule has 0 spiro atoms. The second-order valence-electron chi connectivity index (χ2n) is 3.73. The molecular weight excluding hydrogens is 306 g/mol. The van der Waals surface area contributed by atoms with Crippen molar-refractivity contribution in [2.75, 3.05) is 6.61 Å². The number of hydrogen-bond donors (Lipinski definition) is 0. The van der Waals surface area contributed by atoms with E-state index in [4.69, 9.17) is 14.7 Å². The van der Waals surface area contributed by atoms with Gasteiger partial charge in [-0.25, -0.2) is 0 Å². The Morgan fingerprint density at radius 2 is 1.79 bits per heavy atom. The van der Waals surface area contributed by atoms with Crippen molar-refractivity contribution in [3.63, 3.8) is 0 Å². The van der Waals surface area contributed by atoms with E-state index in [9.17, 15) is 0 Å². The topological polar surface area (TPSA) is 42.2 Å². The first-order valence-corrected chi connectivity index (χ1v) is 6.63. The van der Waals surface area contributed by atoms with E-state index in [1.807, 2.05) is 43.3 Å². The predicted octanol–water partition coefficient (Wildman–Crippen LogP) is 4.51. The number of hydrogen-bond acceptors (Lipinski definition) is 3. The Kier molecular flexibility index (Phi) is 4.43. The van der Waals surface area contributed by atoms with Gasteiger partial charge in [0, 0.05) is 4.47 Å². The molecule has 0 atom stereocenters. The van der Waals surface area contributed by atoms with Gasteiger partial charge in [0.1, 0.15) is 28.9 Å². The minimum atomic E-state index is 0.483. The van der Waals surface area contributed by atoms with Crippen molar-refractivity contribution < 1.29 is 9.47 Å². The van der Waals surface area contributed by atoms with Crippen molar-refractivity contribution in [3.8, 4) is 23.3 Å². The van der Waals surface area contributed by atoms with Crippen molar-refractivity contribution in [2.45, 2.75) is 6.92 Å². The third-order valence-corrected chi connectivity index (χ3v) is 3.11. The van der Waals surface area contributed by atoms with Crippen molar-refractivity contribution in [1.29, 1.82) is 5.26 Å². The van der Waals surface area contributed by atoms with Crippen molar-refractivity contribution in [1.82, 2.24) is 0 Å². The maximum atomic E-state index is 9.11. The second-order valence-corrected chi connectivity index (χ2v) is 4.59. The summed E-state index contributed by atoms with van der Waals surface area (Å²) in [7, 11) is 0. The molecule has 2 rings (SSSR count). The van der Waals surface area contributed by atoms with Gasteiger partial charge >= 0.3 is 0 Å². The molecule has 0 N–H and O–H groups in total. The van der Waals surface area contributed by atoms with Crippen LogP contribution in [-0.4, -0.2) is 6.61 Å². The van der Waals surface area contributed by atoms with Crippen LogP contribution >= 0.6 is 15.9 Å².